The number of thiazole rings is 1. The van der Waals surface area contributed by atoms with E-state index in [-0.39, 0.29) is 16.8 Å². The molecule has 1 aliphatic rings. The van der Waals surface area contributed by atoms with Gasteiger partial charge in [0.15, 0.2) is 5.13 Å². The van der Waals surface area contributed by atoms with Crippen LogP contribution in [-0.4, -0.2) is 36.2 Å². The molecule has 0 radical (unpaired) electrons. The van der Waals surface area contributed by atoms with Gasteiger partial charge in [-0.2, -0.15) is 4.31 Å². The fraction of sp³-hybridized carbons (Fsp3) is 0.300. The van der Waals surface area contributed by atoms with Gasteiger partial charge in [-0.05, 0) is 50.1 Å². The van der Waals surface area contributed by atoms with Gasteiger partial charge in [0.2, 0.25) is 10.0 Å². The number of para-hydroxylation sites is 1. The third kappa shape index (κ3) is 3.67. The van der Waals surface area contributed by atoms with E-state index >= 15 is 0 Å². The van der Waals surface area contributed by atoms with Gasteiger partial charge in [-0.1, -0.05) is 36.0 Å². The number of carbonyl (C=O) groups excluding carboxylic acids is 1. The summed E-state index contributed by atoms with van der Waals surface area (Å²) in [6.07, 6.45) is 2.76. The van der Waals surface area contributed by atoms with Gasteiger partial charge in [0.05, 0.1) is 15.1 Å². The summed E-state index contributed by atoms with van der Waals surface area (Å²) in [4.78, 5) is 17.2. The predicted octanol–water partition coefficient (Wildman–Crippen LogP) is 4.11. The molecule has 0 bridgehead atoms. The highest BCUT2D eigenvalue weighted by Gasteiger charge is 2.31. The van der Waals surface area contributed by atoms with E-state index in [1.807, 2.05) is 31.2 Å². The van der Waals surface area contributed by atoms with Gasteiger partial charge < -0.3 is 0 Å². The highest BCUT2D eigenvalue weighted by Crippen LogP contribution is 2.27. The minimum atomic E-state index is -3.62. The van der Waals surface area contributed by atoms with E-state index in [1.165, 1.54) is 17.4 Å². The summed E-state index contributed by atoms with van der Waals surface area (Å²) in [5.41, 5.74) is 1.11. The number of fused-ring (bicyclic) bond motifs is 1. The molecule has 146 valence electrons. The van der Waals surface area contributed by atoms with Crippen LogP contribution in [0.1, 0.15) is 36.5 Å². The van der Waals surface area contributed by atoms with Gasteiger partial charge in [0.1, 0.15) is 0 Å². The summed E-state index contributed by atoms with van der Waals surface area (Å²) < 4.78 is 28.6. The van der Waals surface area contributed by atoms with Crippen molar-refractivity contribution in [3.63, 3.8) is 0 Å². The van der Waals surface area contributed by atoms with Crippen LogP contribution in [0.15, 0.2) is 53.4 Å². The molecule has 2 heterocycles. The van der Waals surface area contributed by atoms with Gasteiger partial charge in [0, 0.05) is 18.2 Å². The highest BCUT2D eigenvalue weighted by atomic mass is 32.2. The number of benzene rings is 2. The molecule has 6 nitrogen and oxygen atoms in total. The zero-order chi connectivity index (χ0) is 19.7. The Balaban J connectivity index is 1.58. The number of piperidine rings is 1. The number of aromatic nitrogens is 1. The normalized spacial score (nSPS) is 18.2. The second kappa shape index (κ2) is 7.62. The van der Waals surface area contributed by atoms with Gasteiger partial charge in [-0.3, -0.25) is 10.1 Å². The molecule has 1 saturated heterocycles. The van der Waals surface area contributed by atoms with Gasteiger partial charge >= 0.3 is 0 Å². The maximum absolute atomic E-state index is 13.0. The number of hydrogen-bond donors (Lipinski definition) is 1. The predicted molar refractivity (Wildman–Crippen MR) is 111 cm³/mol. The first-order valence-electron chi connectivity index (χ1n) is 9.24. The lowest BCUT2D eigenvalue weighted by Crippen LogP contribution is -2.41. The lowest BCUT2D eigenvalue weighted by atomic mass is 10.1. The summed E-state index contributed by atoms with van der Waals surface area (Å²) in [7, 11) is -3.62. The van der Waals surface area contributed by atoms with Crippen LogP contribution in [0.2, 0.25) is 0 Å². The van der Waals surface area contributed by atoms with E-state index in [1.54, 1.807) is 22.5 Å². The molecule has 4 rings (SSSR count). The second-order valence-electron chi connectivity index (χ2n) is 6.93. The smallest absolute Gasteiger partial charge is 0.257 e. The quantitative estimate of drug-likeness (QED) is 0.695. The molecule has 0 saturated carbocycles. The minimum absolute atomic E-state index is 0.0287. The van der Waals surface area contributed by atoms with E-state index in [2.05, 4.69) is 10.3 Å². The van der Waals surface area contributed by atoms with Crippen molar-refractivity contribution in [2.75, 3.05) is 11.9 Å². The van der Waals surface area contributed by atoms with Crippen molar-refractivity contribution in [1.29, 1.82) is 0 Å². The van der Waals surface area contributed by atoms with Crippen LogP contribution < -0.4 is 5.32 Å². The average molecular weight is 416 g/mol. The SMILES string of the molecule is C[C@H]1CCCCN1S(=O)(=O)c1cccc(C(=O)Nc2nc3ccccc3s2)c1. The summed E-state index contributed by atoms with van der Waals surface area (Å²) >= 11 is 1.38. The molecule has 3 aromatic rings. The molecule has 1 N–H and O–H groups in total. The summed E-state index contributed by atoms with van der Waals surface area (Å²) in [6.45, 7) is 2.45. The van der Waals surface area contributed by atoms with E-state index in [9.17, 15) is 13.2 Å². The lowest BCUT2D eigenvalue weighted by Gasteiger charge is -2.32. The molecule has 1 aliphatic heterocycles. The van der Waals surface area contributed by atoms with Crippen LogP contribution in [0.25, 0.3) is 10.2 Å². The lowest BCUT2D eigenvalue weighted by molar-refractivity contribution is 0.102. The van der Waals surface area contributed by atoms with Crippen LogP contribution in [0.4, 0.5) is 5.13 Å². The van der Waals surface area contributed by atoms with Crippen molar-refractivity contribution in [2.24, 2.45) is 0 Å². The Morgan fingerprint density at radius 1 is 1.18 bits per heavy atom. The first kappa shape index (κ1) is 19.0. The molecule has 0 aliphatic carbocycles. The average Bonchev–Trinajstić information content (AvgIpc) is 3.10. The Hall–Kier alpha value is -2.29. The van der Waals surface area contributed by atoms with Gasteiger partial charge in [-0.25, -0.2) is 13.4 Å². The Morgan fingerprint density at radius 2 is 2.00 bits per heavy atom. The molecule has 28 heavy (non-hydrogen) atoms. The van der Waals surface area contributed by atoms with Crippen molar-refractivity contribution in [1.82, 2.24) is 9.29 Å². The fourth-order valence-electron chi connectivity index (χ4n) is 3.46. The molecule has 2 aromatic carbocycles. The number of hydrogen-bond acceptors (Lipinski definition) is 5. The van der Waals surface area contributed by atoms with Crippen LogP contribution in [0.5, 0.6) is 0 Å². The molecule has 8 heteroatoms. The molecule has 1 atom stereocenters. The molecule has 1 aromatic heterocycles. The standard InChI is InChI=1S/C20H21N3O3S2/c1-14-7-4-5-12-23(14)28(25,26)16-9-6-8-15(13-16)19(24)22-20-21-17-10-2-3-11-18(17)27-20/h2-3,6,8-11,13-14H,4-5,7,12H2,1H3,(H,21,22,24)/t14-/m0/s1. The van der Waals surface area contributed by atoms with Crippen LogP contribution >= 0.6 is 11.3 Å². The highest BCUT2D eigenvalue weighted by molar-refractivity contribution is 7.89. The Labute approximate surface area is 168 Å². The minimum Gasteiger partial charge on any atom is -0.298 e. The number of nitrogens with one attached hydrogen (secondary N) is 1. The molecule has 1 amide bonds. The Kier molecular flexibility index (Phi) is 5.18. The van der Waals surface area contributed by atoms with Gasteiger partial charge in [-0.15, -0.1) is 0 Å². The number of rotatable bonds is 4. The van der Waals surface area contributed by atoms with E-state index < -0.39 is 10.0 Å². The number of sulfonamides is 1. The third-order valence-electron chi connectivity index (χ3n) is 4.96. The first-order valence-corrected chi connectivity index (χ1v) is 11.5. The first-order chi connectivity index (χ1) is 13.4. The molecular weight excluding hydrogens is 394 g/mol. The van der Waals surface area contributed by atoms with Crippen molar-refractivity contribution in [3.8, 4) is 0 Å². The molecule has 0 unspecified atom stereocenters. The summed E-state index contributed by atoms with van der Waals surface area (Å²) in [5, 5.41) is 3.26. The summed E-state index contributed by atoms with van der Waals surface area (Å²) in [5.74, 6) is -0.372. The third-order valence-corrected chi connectivity index (χ3v) is 7.92. The van der Waals surface area contributed by atoms with Crippen molar-refractivity contribution < 1.29 is 13.2 Å². The zero-order valence-corrected chi connectivity index (χ0v) is 17.1. The number of carbonyl (C=O) groups is 1. The van der Waals surface area contributed by atoms with E-state index in [0.29, 0.717) is 17.2 Å². The molecule has 0 spiro atoms. The Bertz CT molecular complexity index is 1090. The maximum Gasteiger partial charge on any atom is 0.257 e. The van der Waals surface area contributed by atoms with E-state index in [4.69, 9.17) is 0 Å². The molecular formula is C20H21N3O3S2. The van der Waals surface area contributed by atoms with Crippen LogP contribution in [0, 0.1) is 0 Å². The number of amides is 1. The second-order valence-corrected chi connectivity index (χ2v) is 9.85. The van der Waals surface area contributed by atoms with Crippen molar-refractivity contribution >= 4 is 42.6 Å². The monoisotopic (exact) mass is 415 g/mol. The topological polar surface area (TPSA) is 79.4 Å². The van der Waals surface area contributed by atoms with E-state index in [0.717, 1.165) is 29.5 Å². The number of anilines is 1. The maximum atomic E-state index is 13.0. The molecule has 1 fully saturated rings. The van der Waals surface area contributed by atoms with Crippen molar-refractivity contribution in [3.05, 3.63) is 54.1 Å². The summed E-state index contributed by atoms with van der Waals surface area (Å²) in [6, 6.07) is 13.8. The zero-order valence-electron chi connectivity index (χ0n) is 15.5. The Morgan fingerprint density at radius 3 is 2.79 bits per heavy atom. The fourth-order valence-corrected chi connectivity index (χ4v) is 6.06. The largest absolute Gasteiger partial charge is 0.298 e. The van der Waals surface area contributed by atoms with Crippen LogP contribution in [0.3, 0.4) is 0 Å². The van der Waals surface area contributed by atoms with Crippen LogP contribution in [-0.2, 0) is 10.0 Å². The van der Waals surface area contributed by atoms with Crippen molar-refractivity contribution in [2.45, 2.75) is 37.1 Å². The van der Waals surface area contributed by atoms with Gasteiger partial charge in [0.25, 0.3) is 5.91 Å². The number of nitrogens with zero attached hydrogens (tertiary/aromatic N) is 2.